The Balaban J connectivity index is 2.64. The molecular formula is C12H14ClN3O2. The molecule has 1 aromatic rings. The fourth-order valence-corrected chi connectivity index (χ4v) is 1.38. The van der Waals surface area contributed by atoms with Gasteiger partial charge in [0.15, 0.2) is 5.16 Å². The molecule has 0 aromatic heterocycles. The summed E-state index contributed by atoms with van der Waals surface area (Å²) in [4.78, 5) is 10.0. The van der Waals surface area contributed by atoms with Gasteiger partial charge in [0.25, 0.3) is 5.69 Å². The number of azo groups is 1. The van der Waals surface area contributed by atoms with Gasteiger partial charge in [-0.15, -0.1) is 5.11 Å². The van der Waals surface area contributed by atoms with Crippen LogP contribution >= 0.6 is 11.6 Å². The molecule has 0 atom stereocenters. The van der Waals surface area contributed by atoms with Crippen molar-refractivity contribution in [3.05, 3.63) is 45.1 Å². The quantitative estimate of drug-likeness (QED) is 0.252. The maximum atomic E-state index is 10.5. The van der Waals surface area contributed by atoms with E-state index >= 15 is 0 Å². The minimum Gasteiger partial charge on any atom is -0.258 e. The van der Waals surface area contributed by atoms with Gasteiger partial charge < -0.3 is 0 Å². The van der Waals surface area contributed by atoms with Gasteiger partial charge >= 0.3 is 0 Å². The van der Waals surface area contributed by atoms with Gasteiger partial charge in [-0.3, -0.25) is 10.1 Å². The number of non-ortho nitro benzene ring substituents is 1. The summed E-state index contributed by atoms with van der Waals surface area (Å²) in [6.07, 6.45) is 3.65. The highest BCUT2D eigenvalue weighted by Crippen LogP contribution is 2.16. The average Bonchev–Trinajstić information content (AvgIpc) is 2.35. The number of halogens is 1. The summed E-state index contributed by atoms with van der Waals surface area (Å²) < 4.78 is 0. The number of hydrogen-bond donors (Lipinski definition) is 0. The molecule has 0 bridgehead atoms. The van der Waals surface area contributed by atoms with Crippen molar-refractivity contribution in [1.82, 2.24) is 0 Å². The summed E-state index contributed by atoms with van der Waals surface area (Å²) >= 11 is 5.86. The number of rotatable bonds is 6. The van der Waals surface area contributed by atoms with Gasteiger partial charge in [-0.05, 0) is 30.2 Å². The molecule has 96 valence electrons. The molecule has 0 spiro atoms. The molecule has 1 rings (SSSR count). The molecule has 5 nitrogen and oxygen atoms in total. The largest absolute Gasteiger partial charge is 0.269 e. The zero-order valence-electron chi connectivity index (χ0n) is 10.0. The molecule has 0 saturated heterocycles. The minimum absolute atomic E-state index is 0.0489. The molecule has 1 aromatic carbocycles. The van der Waals surface area contributed by atoms with Gasteiger partial charge in [0.05, 0.1) is 11.5 Å². The number of nitro benzene ring substituents is 1. The molecule has 0 aliphatic carbocycles. The van der Waals surface area contributed by atoms with E-state index in [2.05, 4.69) is 17.2 Å². The summed E-state index contributed by atoms with van der Waals surface area (Å²) in [7, 11) is 0. The molecule has 0 radical (unpaired) electrons. The van der Waals surface area contributed by atoms with Crippen molar-refractivity contribution >= 4 is 23.4 Å². The highest BCUT2D eigenvalue weighted by molar-refractivity contribution is 6.31. The Bertz CT molecular complexity index is 455. The number of benzene rings is 1. The molecule has 0 saturated carbocycles. The Labute approximate surface area is 110 Å². The first-order valence-electron chi connectivity index (χ1n) is 5.62. The predicted octanol–water partition coefficient (Wildman–Crippen LogP) is 4.38. The van der Waals surface area contributed by atoms with E-state index in [9.17, 15) is 10.1 Å². The molecule has 6 heteroatoms. The van der Waals surface area contributed by atoms with E-state index in [1.807, 2.05) is 0 Å². The summed E-state index contributed by atoms with van der Waals surface area (Å²) in [5.41, 5.74) is 0.799. The SMILES string of the molecule is CCCCN=N/C(Cl)=C\c1ccc([N+](=O)[O-])cc1. The van der Waals surface area contributed by atoms with Crippen LogP contribution in [0.2, 0.25) is 0 Å². The van der Waals surface area contributed by atoms with Crippen LogP contribution in [0.15, 0.2) is 39.7 Å². The first-order chi connectivity index (χ1) is 8.63. The Kier molecular flexibility index (Phi) is 6.00. The summed E-state index contributed by atoms with van der Waals surface area (Å²) in [6.45, 7) is 2.73. The lowest BCUT2D eigenvalue weighted by atomic mass is 10.2. The lowest BCUT2D eigenvalue weighted by molar-refractivity contribution is -0.384. The smallest absolute Gasteiger partial charge is 0.258 e. The Morgan fingerprint density at radius 1 is 1.44 bits per heavy atom. The fraction of sp³-hybridized carbons (Fsp3) is 0.333. The summed E-state index contributed by atoms with van der Waals surface area (Å²) in [5.74, 6) is 0. The molecule has 0 unspecified atom stereocenters. The van der Waals surface area contributed by atoms with Gasteiger partial charge in [0, 0.05) is 12.1 Å². The number of nitrogens with zero attached hydrogens (tertiary/aromatic N) is 3. The lowest BCUT2D eigenvalue weighted by Crippen LogP contribution is -1.86. The predicted molar refractivity (Wildman–Crippen MR) is 71.6 cm³/mol. The van der Waals surface area contributed by atoms with Crippen LogP contribution in [0.25, 0.3) is 6.08 Å². The minimum atomic E-state index is -0.445. The first kappa shape index (κ1) is 14.3. The third-order valence-electron chi connectivity index (χ3n) is 2.17. The van der Waals surface area contributed by atoms with Crippen LogP contribution in [0, 0.1) is 10.1 Å². The van der Waals surface area contributed by atoms with Gasteiger partial charge in [-0.2, -0.15) is 5.11 Å². The fourth-order valence-electron chi connectivity index (χ4n) is 1.21. The second-order valence-electron chi connectivity index (χ2n) is 3.63. The average molecular weight is 268 g/mol. The van der Waals surface area contributed by atoms with E-state index in [0.29, 0.717) is 6.54 Å². The van der Waals surface area contributed by atoms with Crippen LogP contribution in [0.1, 0.15) is 25.3 Å². The highest BCUT2D eigenvalue weighted by atomic mass is 35.5. The lowest BCUT2D eigenvalue weighted by Gasteiger charge is -1.94. The van der Waals surface area contributed by atoms with E-state index in [-0.39, 0.29) is 10.8 Å². The molecular weight excluding hydrogens is 254 g/mol. The van der Waals surface area contributed by atoms with Crippen LogP contribution in [-0.2, 0) is 0 Å². The van der Waals surface area contributed by atoms with Crippen molar-refractivity contribution in [2.45, 2.75) is 19.8 Å². The molecule has 0 aliphatic rings. The Morgan fingerprint density at radius 2 is 2.11 bits per heavy atom. The highest BCUT2D eigenvalue weighted by Gasteiger charge is 2.02. The van der Waals surface area contributed by atoms with Crippen LogP contribution in [0.3, 0.4) is 0 Å². The third-order valence-corrected chi connectivity index (χ3v) is 2.35. The van der Waals surface area contributed by atoms with E-state index in [0.717, 1.165) is 18.4 Å². The molecule has 0 aliphatic heterocycles. The van der Waals surface area contributed by atoms with Crippen LogP contribution in [-0.4, -0.2) is 11.5 Å². The van der Waals surface area contributed by atoms with E-state index in [4.69, 9.17) is 11.6 Å². The Hall–Kier alpha value is -1.75. The monoisotopic (exact) mass is 267 g/mol. The second kappa shape index (κ2) is 7.55. The summed E-state index contributed by atoms with van der Waals surface area (Å²) in [6, 6.07) is 6.07. The van der Waals surface area contributed by atoms with Gasteiger partial charge in [-0.1, -0.05) is 24.9 Å². The third kappa shape index (κ3) is 5.05. The van der Waals surface area contributed by atoms with Crippen molar-refractivity contribution < 1.29 is 4.92 Å². The summed E-state index contributed by atoms with van der Waals surface area (Å²) in [5, 5.41) is 18.5. The zero-order valence-corrected chi connectivity index (χ0v) is 10.8. The maximum Gasteiger partial charge on any atom is 0.269 e. The first-order valence-corrected chi connectivity index (χ1v) is 6.00. The normalized spacial score (nSPS) is 12.0. The van der Waals surface area contributed by atoms with Crippen molar-refractivity contribution in [2.24, 2.45) is 10.2 Å². The van der Waals surface area contributed by atoms with Crippen LogP contribution < -0.4 is 0 Å². The van der Waals surface area contributed by atoms with Crippen molar-refractivity contribution in [3.8, 4) is 0 Å². The van der Waals surface area contributed by atoms with Gasteiger partial charge in [0.1, 0.15) is 0 Å². The van der Waals surface area contributed by atoms with Crippen LogP contribution in [0.5, 0.6) is 0 Å². The van der Waals surface area contributed by atoms with E-state index < -0.39 is 4.92 Å². The van der Waals surface area contributed by atoms with Crippen molar-refractivity contribution in [1.29, 1.82) is 0 Å². The molecule has 0 heterocycles. The van der Waals surface area contributed by atoms with E-state index in [1.54, 1.807) is 18.2 Å². The zero-order chi connectivity index (χ0) is 13.4. The number of unbranched alkanes of at least 4 members (excludes halogenated alkanes) is 1. The van der Waals surface area contributed by atoms with E-state index in [1.165, 1.54) is 12.1 Å². The molecule has 0 N–H and O–H groups in total. The molecule has 0 amide bonds. The number of nitro groups is 1. The molecule has 18 heavy (non-hydrogen) atoms. The van der Waals surface area contributed by atoms with Gasteiger partial charge in [-0.25, -0.2) is 0 Å². The Morgan fingerprint density at radius 3 is 2.67 bits per heavy atom. The van der Waals surface area contributed by atoms with Crippen molar-refractivity contribution in [2.75, 3.05) is 6.54 Å². The van der Waals surface area contributed by atoms with Gasteiger partial charge in [0.2, 0.25) is 0 Å². The van der Waals surface area contributed by atoms with Crippen LogP contribution in [0.4, 0.5) is 5.69 Å². The second-order valence-corrected chi connectivity index (χ2v) is 4.02. The van der Waals surface area contributed by atoms with Crippen molar-refractivity contribution in [3.63, 3.8) is 0 Å². The number of hydrogen-bond acceptors (Lipinski definition) is 4. The standard InChI is InChI=1S/C12H14ClN3O2/c1-2-3-8-14-15-12(13)9-10-4-6-11(7-5-10)16(17)18/h4-7,9H,2-3,8H2,1H3/b12-9-,15-14?. The maximum absolute atomic E-state index is 10.5. The topological polar surface area (TPSA) is 67.9 Å². The molecule has 0 fully saturated rings.